The first-order chi connectivity index (χ1) is 8.70. The fourth-order valence-corrected chi connectivity index (χ4v) is 1.55. The SMILES string of the molecule is CCC(Br)C(=O)Nc1cccc(-c2nnco2)c1. The van der Waals surface area contributed by atoms with Crippen molar-refractivity contribution in [3.8, 4) is 11.5 Å². The van der Waals surface area contributed by atoms with Gasteiger partial charge in [0, 0.05) is 11.3 Å². The van der Waals surface area contributed by atoms with Crippen LogP contribution in [0.25, 0.3) is 11.5 Å². The van der Waals surface area contributed by atoms with Gasteiger partial charge in [-0.3, -0.25) is 4.79 Å². The zero-order valence-electron chi connectivity index (χ0n) is 9.76. The van der Waals surface area contributed by atoms with E-state index >= 15 is 0 Å². The van der Waals surface area contributed by atoms with Crippen LogP contribution >= 0.6 is 15.9 Å². The lowest BCUT2D eigenvalue weighted by atomic mass is 10.2. The van der Waals surface area contributed by atoms with Crippen LogP contribution in [0.1, 0.15) is 13.3 Å². The summed E-state index contributed by atoms with van der Waals surface area (Å²) in [6.07, 6.45) is 2.00. The van der Waals surface area contributed by atoms with Crippen molar-refractivity contribution in [2.45, 2.75) is 18.2 Å². The lowest BCUT2D eigenvalue weighted by Crippen LogP contribution is -2.21. The number of rotatable bonds is 4. The van der Waals surface area contributed by atoms with Crippen molar-refractivity contribution < 1.29 is 9.21 Å². The van der Waals surface area contributed by atoms with E-state index < -0.39 is 0 Å². The van der Waals surface area contributed by atoms with Crippen molar-refractivity contribution in [3.05, 3.63) is 30.7 Å². The van der Waals surface area contributed by atoms with Crippen LogP contribution in [0.3, 0.4) is 0 Å². The number of nitrogens with one attached hydrogen (secondary N) is 1. The molecule has 1 heterocycles. The quantitative estimate of drug-likeness (QED) is 0.882. The summed E-state index contributed by atoms with van der Waals surface area (Å²) in [5.41, 5.74) is 1.47. The zero-order valence-corrected chi connectivity index (χ0v) is 11.3. The molecular weight excluding hydrogens is 298 g/mol. The predicted molar refractivity (Wildman–Crippen MR) is 71.4 cm³/mol. The van der Waals surface area contributed by atoms with Crippen LogP contribution in [0, 0.1) is 0 Å². The molecule has 0 bridgehead atoms. The van der Waals surface area contributed by atoms with Gasteiger partial charge in [-0.15, -0.1) is 10.2 Å². The molecule has 0 radical (unpaired) electrons. The average molecular weight is 310 g/mol. The maximum atomic E-state index is 11.7. The molecule has 5 nitrogen and oxygen atoms in total. The highest BCUT2D eigenvalue weighted by molar-refractivity contribution is 9.10. The lowest BCUT2D eigenvalue weighted by Gasteiger charge is -2.09. The van der Waals surface area contributed by atoms with E-state index in [9.17, 15) is 4.79 Å². The molecule has 0 aliphatic rings. The molecule has 94 valence electrons. The average Bonchev–Trinajstić information content (AvgIpc) is 2.92. The molecule has 1 atom stereocenters. The number of carbonyl (C=O) groups is 1. The molecule has 0 aliphatic heterocycles. The third-order valence-electron chi connectivity index (χ3n) is 2.38. The molecule has 0 saturated heterocycles. The van der Waals surface area contributed by atoms with Gasteiger partial charge in [-0.25, -0.2) is 0 Å². The van der Waals surface area contributed by atoms with E-state index in [1.165, 1.54) is 6.39 Å². The van der Waals surface area contributed by atoms with Gasteiger partial charge in [0.05, 0.1) is 4.83 Å². The molecule has 0 fully saturated rings. The Bertz CT molecular complexity index is 528. The van der Waals surface area contributed by atoms with E-state index in [1.807, 2.05) is 25.1 Å². The van der Waals surface area contributed by atoms with Crippen LogP contribution in [-0.2, 0) is 4.79 Å². The molecule has 1 unspecified atom stereocenters. The zero-order chi connectivity index (χ0) is 13.0. The summed E-state index contributed by atoms with van der Waals surface area (Å²) < 4.78 is 5.10. The van der Waals surface area contributed by atoms with Gasteiger partial charge in [-0.05, 0) is 24.6 Å². The van der Waals surface area contributed by atoms with Gasteiger partial charge in [0.1, 0.15) is 0 Å². The van der Waals surface area contributed by atoms with Gasteiger partial charge in [0.25, 0.3) is 0 Å². The van der Waals surface area contributed by atoms with E-state index in [-0.39, 0.29) is 10.7 Å². The van der Waals surface area contributed by atoms with Crippen molar-refractivity contribution in [2.24, 2.45) is 0 Å². The Balaban J connectivity index is 2.16. The summed E-state index contributed by atoms with van der Waals surface area (Å²) in [7, 11) is 0. The Kier molecular flexibility index (Phi) is 4.09. The van der Waals surface area contributed by atoms with Gasteiger partial charge in [0.2, 0.25) is 18.2 Å². The van der Waals surface area contributed by atoms with Gasteiger partial charge in [-0.1, -0.05) is 28.9 Å². The first kappa shape index (κ1) is 12.8. The fourth-order valence-electron chi connectivity index (χ4n) is 1.43. The minimum absolute atomic E-state index is 0.0693. The minimum atomic E-state index is -0.190. The van der Waals surface area contributed by atoms with E-state index in [4.69, 9.17) is 4.42 Å². The third kappa shape index (κ3) is 2.95. The summed E-state index contributed by atoms with van der Waals surface area (Å²) in [6.45, 7) is 1.94. The Hall–Kier alpha value is -1.69. The van der Waals surface area contributed by atoms with Crippen LogP contribution in [-0.4, -0.2) is 20.9 Å². The smallest absolute Gasteiger partial charge is 0.247 e. The fraction of sp³-hybridized carbons (Fsp3) is 0.250. The summed E-state index contributed by atoms with van der Waals surface area (Å²) in [4.78, 5) is 11.5. The third-order valence-corrected chi connectivity index (χ3v) is 3.44. The predicted octanol–water partition coefficient (Wildman–Crippen LogP) is 2.85. The monoisotopic (exact) mass is 309 g/mol. The second-order valence-corrected chi connectivity index (χ2v) is 4.80. The largest absolute Gasteiger partial charge is 0.423 e. The van der Waals surface area contributed by atoms with Gasteiger partial charge in [0.15, 0.2) is 0 Å². The number of carbonyl (C=O) groups excluding carboxylic acids is 1. The van der Waals surface area contributed by atoms with Crippen LogP contribution in [0.2, 0.25) is 0 Å². The summed E-state index contributed by atoms with van der Waals surface area (Å²) >= 11 is 3.30. The number of hydrogen-bond donors (Lipinski definition) is 1. The topological polar surface area (TPSA) is 68.0 Å². The van der Waals surface area contributed by atoms with Crippen LogP contribution in [0.4, 0.5) is 5.69 Å². The maximum absolute atomic E-state index is 11.7. The minimum Gasteiger partial charge on any atom is -0.423 e. The van der Waals surface area contributed by atoms with E-state index in [2.05, 4.69) is 31.4 Å². The van der Waals surface area contributed by atoms with E-state index in [0.717, 1.165) is 12.0 Å². The molecule has 0 aliphatic carbocycles. The Morgan fingerprint density at radius 3 is 3.06 bits per heavy atom. The first-order valence-corrected chi connectivity index (χ1v) is 6.44. The molecular formula is C12H12BrN3O2. The summed E-state index contributed by atoms with van der Waals surface area (Å²) in [5, 5.41) is 10.3. The van der Waals surface area contributed by atoms with Crippen molar-refractivity contribution >= 4 is 27.5 Å². The normalized spacial score (nSPS) is 12.1. The number of halogens is 1. The highest BCUT2D eigenvalue weighted by Gasteiger charge is 2.13. The molecule has 2 aromatic rings. The van der Waals surface area contributed by atoms with Gasteiger partial charge >= 0.3 is 0 Å². The standard InChI is InChI=1S/C12H12BrN3O2/c1-2-10(13)11(17)15-9-5-3-4-8(6-9)12-16-14-7-18-12/h3-7,10H,2H2,1H3,(H,15,17). The summed E-state index contributed by atoms with van der Waals surface area (Å²) in [5.74, 6) is 0.358. The molecule has 0 saturated carbocycles. The Morgan fingerprint density at radius 1 is 1.56 bits per heavy atom. The molecule has 1 amide bonds. The number of hydrogen-bond acceptors (Lipinski definition) is 4. The lowest BCUT2D eigenvalue weighted by molar-refractivity contribution is -0.115. The number of amides is 1. The number of nitrogens with zero attached hydrogens (tertiary/aromatic N) is 2. The number of aromatic nitrogens is 2. The van der Waals surface area contributed by atoms with Crippen LogP contribution in [0.5, 0.6) is 0 Å². The number of benzene rings is 1. The molecule has 1 N–H and O–H groups in total. The van der Waals surface area contributed by atoms with E-state index in [1.54, 1.807) is 6.07 Å². The van der Waals surface area contributed by atoms with Gasteiger partial charge in [-0.2, -0.15) is 0 Å². The van der Waals surface area contributed by atoms with Gasteiger partial charge < -0.3 is 9.73 Å². The molecule has 2 rings (SSSR count). The number of alkyl halides is 1. The Labute approximate surface area is 113 Å². The molecule has 6 heteroatoms. The number of anilines is 1. The molecule has 18 heavy (non-hydrogen) atoms. The Morgan fingerprint density at radius 2 is 2.39 bits per heavy atom. The highest BCUT2D eigenvalue weighted by atomic mass is 79.9. The first-order valence-electron chi connectivity index (χ1n) is 5.52. The van der Waals surface area contributed by atoms with Crippen molar-refractivity contribution in [1.82, 2.24) is 10.2 Å². The molecule has 1 aromatic heterocycles. The maximum Gasteiger partial charge on any atom is 0.247 e. The molecule has 0 spiro atoms. The van der Waals surface area contributed by atoms with E-state index in [0.29, 0.717) is 11.6 Å². The van der Waals surface area contributed by atoms with Crippen LogP contribution < -0.4 is 5.32 Å². The second-order valence-electron chi connectivity index (χ2n) is 3.69. The van der Waals surface area contributed by atoms with Crippen molar-refractivity contribution in [2.75, 3.05) is 5.32 Å². The van der Waals surface area contributed by atoms with Crippen molar-refractivity contribution in [3.63, 3.8) is 0 Å². The molecule has 1 aromatic carbocycles. The summed E-state index contributed by atoms with van der Waals surface area (Å²) in [6, 6.07) is 7.27. The second kappa shape index (κ2) is 5.77. The highest BCUT2D eigenvalue weighted by Crippen LogP contribution is 2.20. The van der Waals surface area contributed by atoms with Crippen molar-refractivity contribution in [1.29, 1.82) is 0 Å². The van der Waals surface area contributed by atoms with Crippen LogP contribution in [0.15, 0.2) is 35.1 Å².